The molecule has 0 aliphatic heterocycles. The zero-order valence-electron chi connectivity index (χ0n) is 15.1. The third-order valence-electron chi connectivity index (χ3n) is 4.19. The molecule has 2 N–H and O–H groups in total. The van der Waals surface area contributed by atoms with Crippen LogP contribution in [0.25, 0.3) is 10.9 Å². The van der Waals surface area contributed by atoms with Gasteiger partial charge >= 0.3 is 0 Å². The summed E-state index contributed by atoms with van der Waals surface area (Å²) in [5.74, 6) is 0.195. The lowest BCUT2D eigenvalue weighted by Crippen LogP contribution is -2.18. The SMILES string of the molecule is O=c1[nH]c(COc2ccc(F)c(Cl)c2)nc2c(CNCc3cccs3)nccc12. The monoisotopic (exact) mass is 430 g/mol. The van der Waals surface area contributed by atoms with Gasteiger partial charge in [-0.3, -0.25) is 9.78 Å². The number of rotatable bonds is 7. The number of halogens is 2. The molecule has 0 fully saturated rings. The molecule has 1 aromatic carbocycles. The van der Waals surface area contributed by atoms with Gasteiger partial charge in [0.2, 0.25) is 0 Å². The lowest BCUT2D eigenvalue weighted by Gasteiger charge is -2.09. The number of fused-ring (bicyclic) bond motifs is 1. The number of H-pyrrole nitrogens is 1. The Kier molecular flexibility index (Phi) is 5.84. The van der Waals surface area contributed by atoms with Gasteiger partial charge in [0, 0.05) is 30.2 Å². The molecule has 148 valence electrons. The number of nitrogens with zero attached hydrogens (tertiary/aromatic N) is 2. The number of aromatic amines is 1. The number of nitrogens with one attached hydrogen (secondary N) is 2. The molecule has 0 bridgehead atoms. The summed E-state index contributed by atoms with van der Waals surface area (Å²) in [6, 6.07) is 9.73. The predicted molar refractivity (Wildman–Crippen MR) is 111 cm³/mol. The second kappa shape index (κ2) is 8.69. The van der Waals surface area contributed by atoms with Crippen molar-refractivity contribution >= 4 is 33.8 Å². The molecule has 0 saturated heterocycles. The lowest BCUT2D eigenvalue weighted by atomic mass is 10.2. The van der Waals surface area contributed by atoms with Gasteiger partial charge in [-0.25, -0.2) is 9.37 Å². The highest BCUT2D eigenvalue weighted by Crippen LogP contribution is 2.21. The molecule has 6 nitrogen and oxygen atoms in total. The maximum atomic E-state index is 13.3. The molecule has 29 heavy (non-hydrogen) atoms. The minimum absolute atomic E-state index is 0.00407. The first-order valence-corrected chi connectivity index (χ1v) is 10.0. The molecule has 0 unspecified atom stereocenters. The van der Waals surface area contributed by atoms with E-state index in [1.807, 2.05) is 17.5 Å². The van der Waals surface area contributed by atoms with E-state index < -0.39 is 5.82 Å². The highest BCUT2D eigenvalue weighted by Gasteiger charge is 2.10. The highest BCUT2D eigenvalue weighted by atomic mass is 35.5. The topological polar surface area (TPSA) is 79.9 Å². The number of ether oxygens (including phenoxy) is 1. The molecular formula is C20H16ClFN4O2S. The quantitative estimate of drug-likeness (QED) is 0.462. The van der Waals surface area contributed by atoms with Crippen LogP contribution in [0.15, 0.2) is 52.8 Å². The van der Waals surface area contributed by atoms with Crippen LogP contribution in [0.3, 0.4) is 0 Å². The van der Waals surface area contributed by atoms with Crippen molar-refractivity contribution in [3.05, 3.63) is 85.6 Å². The van der Waals surface area contributed by atoms with Crippen molar-refractivity contribution in [2.24, 2.45) is 0 Å². The standard InChI is InChI=1S/C20H16ClFN4O2S/c21-15-8-12(3-4-16(15)22)28-11-18-25-19-14(20(27)26-18)5-6-24-17(19)10-23-9-13-2-1-7-29-13/h1-8,23H,9-11H2,(H,25,26,27). The molecule has 0 atom stereocenters. The van der Waals surface area contributed by atoms with Crippen molar-refractivity contribution in [2.75, 3.05) is 0 Å². The van der Waals surface area contributed by atoms with Gasteiger partial charge in [0.05, 0.1) is 16.1 Å². The Balaban J connectivity index is 1.53. The Bertz CT molecular complexity index is 1200. The van der Waals surface area contributed by atoms with Crippen LogP contribution >= 0.6 is 22.9 Å². The maximum Gasteiger partial charge on any atom is 0.258 e. The van der Waals surface area contributed by atoms with Gasteiger partial charge < -0.3 is 15.0 Å². The molecule has 3 aromatic heterocycles. The maximum absolute atomic E-state index is 13.3. The van der Waals surface area contributed by atoms with E-state index in [2.05, 4.69) is 20.3 Å². The van der Waals surface area contributed by atoms with Crippen molar-refractivity contribution in [2.45, 2.75) is 19.7 Å². The second-order valence-electron chi connectivity index (χ2n) is 6.21. The number of pyridine rings is 1. The van der Waals surface area contributed by atoms with Gasteiger partial charge in [-0.15, -0.1) is 11.3 Å². The van der Waals surface area contributed by atoms with Crippen LogP contribution in [0.1, 0.15) is 16.4 Å². The summed E-state index contributed by atoms with van der Waals surface area (Å²) in [7, 11) is 0. The van der Waals surface area contributed by atoms with Gasteiger partial charge in [0.25, 0.3) is 5.56 Å². The molecule has 0 radical (unpaired) electrons. The van der Waals surface area contributed by atoms with Crippen LogP contribution in [0.5, 0.6) is 5.75 Å². The number of hydrogen-bond donors (Lipinski definition) is 2. The summed E-state index contributed by atoms with van der Waals surface area (Å²) in [5, 5.41) is 5.76. The van der Waals surface area contributed by atoms with E-state index in [4.69, 9.17) is 16.3 Å². The second-order valence-corrected chi connectivity index (χ2v) is 7.65. The first-order valence-electron chi connectivity index (χ1n) is 8.78. The Morgan fingerprint density at radius 3 is 2.93 bits per heavy atom. The third kappa shape index (κ3) is 4.61. The summed E-state index contributed by atoms with van der Waals surface area (Å²) in [6.45, 7) is 1.18. The van der Waals surface area contributed by atoms with Gasteiger partial charge in [-0.05, 0) is 29.6 Å². The van der Waals surface area contributed by atoms with Crippen LogP contribution in [0.4, 0.5) is 4.39 Å². The fourth-order valence-corrected chi connectivity index (χ4v) is 3.64. The molecule has 0 aliphatic rings. The largest absolute Gasteiger partial charge is 0.486 e. The van der Waals surface area contributed by atoms with Gasteiger partial charge in [-0.2, -0.15) is 0 Å². The predicted octanol–water partition coefficient (Wildman–Crippen LogP) is 4.04. The Hall–Kier alpha value is -2.81. The van der Waals surface area contributed by atoms with E-state index in [0.29, 0.717) is 41.3 Å². The third-order valence-corrected chi connectivity index (χ3v) is 5.35. The summed E-state index contributed by atoms with van der Waals surface area (Å²) in [5.41, 5.74) is 0.926. The zero-order valence-corrected chi connectivity index (χ0v) is 16.7. The fraction of sp³-hybridized carbons (Fsp3) is 0.150. The van der Waals surface area contributed by atoms with E-state index in [1.165, 1.54) is 23.1 Å². The minimum atomic E-state index is -0.526. The van der Waals surface area contributed by atoms with E-state index in [0.717, 1.165) is 0 Å². The molecule has 4 rings (SSSR count). The number of benzene rings is 1. The molecule has 0 amide bonds. The van der Waals surface area contributed by atoms with E-state index in [-0.39, 0.29) is 17.2 Å². The number of hydrogen-bond acceptors (Lipinski definition) is 6. The summed E-state index contributed by atoms with van der Waals surface area (Å²) in [6.07, 6.45) is 1.60. The van der Waals surface area contributed by atoms with Crippen LogP contribution in [0.2, 0.25) is 5.02 Å². The number of thiophene rings is 1. The molecule has 3 heterocycles. The van der Waals surface area contributed by atoms with Crippen LogP contribution in [0, 0.1) is 5.82 Å². The van der Waals surface area contributed by atoms with Crippen molar-refractivity contribution in [3.63, 3.8) is 0 Å². The normalized spacial score (nSPS) is 11.1. The van der Waals surface area contributed by atoms with Crippen LogP contribution in [-0.2, 0) is 19.7 Å². The van der Waals surface area contributed by atoms with E-state index in [9.17, 15) is 9.18 Å². The van der Waals surface area contributed by atoms with E-state index >= 15 is 0 Å². The fourth-order valence-electron chi connectivity index (χ4n) is 2.80. The average molecular weight is 431 g/mol. The Labute approximate surface area is 174 Å². The number of aromatic nitrogens is 3. The first-order chi connectivity index (χ1) is 14.1. The molecule has 0 spiro atoms. The zero-order chi connectivity index (χ0) is 20.2. The van der Waals surface area contributed by atoms with Crippen molar-refractivity contribution in [3.8, 4) is 5.75 Å². The Morgan fingerprint density at radius 2 is 2.14 bits per heavy atom. The lowest BCUT2D eigenvalue weighted by molar-refractivity contribution is 0.295. The molecule has 9 heteroatoms. The smallest absolute Gasteiger partial charge is 0.258 e. The van der Waals surface area contributed by atoms with E-state index in [1.54, 1.807) is 23.6 Å². The van der Waals surface area contributed by atoms with Gasteiger partial charge in [0.15, 0.2) is 0 Å². The molecule has 0 saturated carbocycles. The van der Waals surface area contributed by atoms with Crippen LogP contribution < -0.4 is 15.6 Å². The highest BCUT2D eigenvalue weighted by molar-refractivity contribution is 7.09. The Morgan fingerprint density at radius 1 is 1.24 bits per heavy atom. The molecular weight excluding hydrogens is 415 g/mol. The summed E-state index contributed by atoms with van der Waals surface area (Å²) >= 11 is 7.43. The summed E-state index contributed by atoms with van der Waals surface area (Å²) in [4.78, 5) is 25.3. The molecule has 0 aliphatic carbocycles. The van der Waals surface area contributed by atoms with Crippen LogP contribution in [-0.4, -0.2) is 15.0 Å². The van der Waals surface area contributed by atoms with Crippen molar-refractivity contribution in [1.29, 1.82) is 0 Å². The average Bonchev–Trinajstić information content (AvgIpc) is 3.23. The van der Waals surface area contributed by atoms with Crippen molar-refractivity contribution < 1.29 is 9.13 Å². The first kappa shape index (κ1) is 19.5. The molecule has 4 aromatic rings. The van der Waals surface area contributed by atoms with Crippen molar-refractivity contribution in [1.82, 2.24) is 20.3 Å². The van der Waals surface area contributed by atoms with Gasteiger partial charge in [-0.1, -0.05) is 17.7 Å². The minimum Gasteiger partial charge on any atom is -0.486 e. The van der Waals surface area contributed by atoms with Gasteiger partial charge in [0.1, 0.15) is 29.5 Å². The summed E-state index contributed by atoms with van der Waals surface area (Å²) < 4.78 is 18.8.